The predicted molar refractivity (Wildman–Crippen MR) is 84.7 cm³/mol. The molecule has 1 fully saturated rings. The average Bonchev–Trinajstić information content (AvgIpc) is 2.48. The van der Waals surface area contributed by atoms with E-state index >= 15 is 0 Å². The molecule has 0 radical (unpaired) electrons. The average molecular weight is 289 g/mol. The molecule has 4 heteroatoms. The van der Waals surface area contributed by atoms with Gasteiger partial charge < -0.3 is 5.32 Å². The van der Waals surface area contributed by atoms with Crippen LogP contribution in [0, 0.1) is 11.8 Å². The van der Waals surface area contributed by atoms with Crippen molar-refractivity contribution in [2.75, 3.05) is 13.1 Å². The molecule has 1 N–H and O–H groups in total. The second-order valence-electron chi connectivity index (χ2n) is 6.45. The van der Waals surface area contributed by atoms with Crippen molar-refractivity contribution in [3.63, 3.8) is 0 Å². The van der Waals surface area contributed by atoms with Gasteiger partial charge in [0.05, 0.1) is 0 Å². The monoisotopic (exact) mass is 289 g/mol. The fraction of sp³-hybridized carbons (Fsp3) is 0.647. The smallest absolute Gasteiger partial charge is 0.223 e. The maximum atomic E-state index is 12.2. The number of amides is 1. The molecule has 1 aromatic heterocycles. The van der Waals surface area contributed by atoms with Gasteiger partial charge >= 0.3 is 0 Å². The molecule has 0 aliphatic carbocycles. The molecule has 0 aromatic carbocycles. The van der Waals surface area contributed by atoms with Gasteiger partial charge in [0.25, 0.3) is 0 Å². The van der Waals surface area contributed by atoms with Crippen molar-refractivity contribution < 1.29 is 4.79 Å². The van der Waals surface area contributed by atoms with Crippen LogP contribution in [0.25, 0.3) is 0 Å². The third-order valence-corrected chi connectivity index (χ3v) is 4.46. The first-order valence-electron chi connectivity index (χ1n) is 7.98. The second kappa shape index (κ2) is 7.55. The number of nitrogens with zero attached hydrogens (tertiary/aromatic N) is 2. The molecule has 2 heterocycles. The molecular formula is C17H27N3O. The lowest BCUT2D eigenvalue weighted by atomic mass is 9.94. The van der Waals surface area contributed by atoms with E-state index in [1.165, 1.54) is 5.56 Å². The number of carbonyl (C=O) groups excluding carboxylic acids is 1. The van der Waals surface area contributed by atoms with Crippen LogP contribution in [0.5, 0.6) is 0 Å². The number of nitrogens with one attached hydrogen (secondary N) is 1. The fourth-order valence-electron chi connectivity index (χ4n) is 2.61. The first kappa shape index (κ1) is 16.0. The zero-order chi connectivity index (χ0) is 15.2. The summed E-state index contributed by atoms with van der Waals surface area (Å²) in [5, 5.41) is 3.15. The third-order valence-electron chi connectivity index (χ3n) is 4.46. The number of rotatable bonds is 5. The lowest BCUT2D eigenvalue weighted by Crippen LogP contribution is -2.44. The Morgan fingerprint density at radius 2 is 2.10 bits per heavy atom. The van der Waals surface area contributed by atoms with E-state index < -0.39 is 0 Å². The third kappa shape index (κ3) is 4.81. The minimum Gasteiger partial charge on any atom is -0.353 e. The molecule has 1 aromatic rings. The highest BCUT2D eigenvalue weighted by atomic mass is 16.1. The van der Waals surface area contributed by atoms with Crippen LogP contribution in [-0.2, 0) is 11.3 Å². The Bertz CT molecular complexity index is 439. The van der Waals surface area contributed by atoms with E-state index in [4.69, 9.17) is 0 Å². The number of hydrogen-bond acceptors (Lipinski definition) is 3. The summed E-state index contributed by atoms with van der Waals surface area (Å²) in [6, 6.07) is 4.34. The van der Waals surface area contributed by atoms with Gasteiger partial charge in [-0.15, -0.1) is 0 Å². The molecule has 4 nitrogen and oxygen atoms in total. The van der Waals surface area contributed by atoms with Crippen LogP contribution in [-0.4, -0.2) is 34.9 Å². The van der Waals surface area contributed by atoms with Crippen LogP contribution in [0.4, 0.5) is 0 Å². The standard InChI is InChI=1S/C17H27N3O/c1-13(2)14(3)19-17(21)16-6-9-20(10-7-16)12-15-5-4-8-18-11-15/h4-5,8,11,13-14,16H,6-7,9-10,12H2,1-3H3,(H,19,21). The van der Waals surface area contributed by atoms with E-state index in [0.717, 1.165) is 32.5 Å². The Hall–Kier alpha value is -1.42. The Balaban J connectivity index is 1.76. The quantitative estimate of drug-likeness (QED) is 0.905. The SMILES string of the molecule is CC(C)C(C)NC(=O)C1CCN(Cc2cccnc2)CC1. The molecule has 21 heavy (non-hydrogen) atoms. The second-order valence-corrected chi connectivity index (χ2v) is 6.45. The largest absolute Gasteiger partial charge is 0.353 e. The molecule has 1 saturated heterocycles. The van der Waals surface area contributed by atoms with Crippen molar-refractivity contribution in [1.82, 2.24) is 15.2 Å². The van der Waals surface area contributed by atoms with E-state index in [2.05, 4.69) is 42.0 Å². The highest BCUT2D eigenvalue weighted by Gasteiger charge is 2.26. The van der Waals surface area contributed by atoms with Gasteiger partial charge in [0.2, 0.25) is 5.91 Å². The number of pyridine rings is 1. The lowest BCUT2D eigenvalue weighted by Gasteiger charge is -2.32. The molecule has 116 valence electrons. The number of hydrogen-bond donors (Lipinski definition) is 1. The van der Waals surface area contributed by atoms with Crippen LogP contribution >= 0.6 is 0 Å². The zero-order valence-electron chi connectivity index (χ0n) is 13.4. The fourth-order valence-corrected chi connectivity index (χ4v) is 2.61. The highest BCUT2D eigenvalue weighted by molar-refractivity contribution is 5.79. The molecule has 0 saturated carbocycles. The Morgan fingerprint density at radius 3 is 2.67 bits per heavy atom. The summed E-state index contributed by atoms with van der Waals surface area (Å²) in [7, 11) is 0. The van der Waals surface area contributed by atoms with Gasteiger partial charge in [0.15, 0.2) is 0 Å². The summed E-state index contributed by atoms with van der Waals surface area (Å²) in [5.41, 5.74) is 1.24. The molecule has 1 amide bonds. The predicted octanol–water partition coefficient (Wildman–Crippen LogP) is 2.45. The molecule has 2 rings (SSSR count). The highest BCUT2D eigenvalue weighted by Crippen LogP contribution is 2.19. The van der Waals surface area contributed by atoms with Crippen molar-refractivity contribution in [3.8, 4) is 0 Å². The van der Waals surface area contributed by atoms with Gasteiger partial charge in [0, 0.05) is 30.9 Å². The van der Waals surface area contributed by atoms with E-state index in [-0.39, 0.29) is 17.9 Å². The molecule has 0 spiro atoms. The van der Waals surface area contributed by atoms with Crippen molar-refractivity contribution in [2.24, 2.45) is 11.8 Å². The van der Waals surface area contributed by atoms with Crippen LogP contribution in [0.1, 0.15) is 39.2 Å². The van der Waals surface area contributed by atoms with Gasteiger partial charge in [-0.25, -0.2) is 0 Å². The maximum absolute atomic E-state index is 12.2. The molecule has 1 unspecified atom stereocenters. The Morgan fingerprint density at radius 1 is 1.38 bits per heavy atom. The Kier molecular flexibility index (Phi) is 5.74. The molecule has 1 aliphatic rings. The summed E-state index contributed by atoms with van der Waals surface area (Å²) in [5.74, 6) is 0.896. The van der Waals surface area contributed by atoms with Crippen LogP contribution < -0.4 is 5.32 Å². The van der Waals surface area contributed by atoms with Gasteiger partial charge in [-0.2, -0.15) is 0 Å². The van der Waals surface area contributed by atoms with Crippen LogP contribution in [0.2, 0.25) is 0 Å². The topological polar surface area (TPSA) is 45.2 Å². The van der Waals surface area contributed by atoms with E-state index in [1.807, 2.05) is 12.3 Å². The van der Waals surface area contributed by atoms with Gasteiger partial charge in [-0.05, 0) is 50.4 Å². The number of carbonyl (C=O) groups is 1. The maximum Gasteiger partial charge on any atom is 0.223 e. The summed E-state index contributed by atoms with van der Waals surface area (Å²) >= 11 is 0. The van der Waals surface area contributed by atoms with Crippen molar-refractivity contribution in [1.29, 1.82) is 0 Å². The summed E-state index contributed by atoms with van der Waals surface area (Å²) in [6.07, 6.45) is 5.63. The van der Waals surface area contributed by atoms with Crippen molar-refractivity contribution >= 4 is 5.91 Å². The minimum atomic E-state index is 0.177. The number of likely N-dealkylation sites (tertiary alicyclic amines) is 1. The van der Waals surface area contributed by atoms with E-state index in [9.17, 15) is 4.79 Å². The van der Waals surface area contributed by atoms with E-state index in [0.29, 0.717) is 5.92 Å². The lowest BCUT2D eigenvalue weighted by molar-refractivity contribution is -0.127. The van der Waals surface area contributed by atoms with Crippen molar-refractivity contribution in [2.45, 2.75) is 46.2 Å². The van der Waals surface area contributed by atoms with Gasteiger partial charge in [-0.1, -0.05) is 19.9 Å². The van der Waals surface area contributed by atoms with Crippen molar-refractivity contribution in [3.05, 3.63) is 30.1 Å². The number of piperidine rings is 1. The van der Waals surface area contributed by atoms with Gasteiger partial charge in [-0.3, -0.25) is 14.7 Å². The summed E-state index contributed by atoms with van der Waals surface area (Å²) in [4.78, 5) is 18.8. The van der Waals surface area contributed by atoms with Gasteiger partial charge in [0.1, 0.15) is 0 Å². The Labute approximate surface area is 127 Å². The molecule has 1 atom stereocenters. The van der Waals surface area contributed by atoms with E-state index in [1.54, 1.807) is 6.20 Å². The molecule has 0 bridgehead atoms. The van der Waals surface area contributed by atoms with Crippen LogP contribution in [0.3, 0.4) is 0 Å². The van der Waals surface area contributed by atoms with Crippen LogP contribution in [0.15, 0.2) is 24.5 Å². The molecular weight excluding hydrogens is 262 g/mol. The zero-order valence-corrected chi connectivity index (χ0v) is 13.4. The number of aromatic nitrogens is 1. The first-order valence-corrected chi connectivity index (χ1v) is 7.98. The summed E-state index contributed by atoms with van der Waals surface area (Å²) in [6.45, 7) is 9.28. The summed E-state index contributed by atoms with van der Waals surface area (Å²) < 4.78 is 0. The first-order chi connectivity index (χ1) is 10.1. The minimum absolute atomic E-state index is 0.177. The normalized spacial score (nSPS) is 18.7. The molecule has 1 aliphatic heterocycles.